The molecule has 1 aliphatic heterocycles. The molecule has 1 saturated heterocycles. The van der Waals surface area contributed by atoms with Crippen LogP contribution in [-0.4, -0.2) is 64.3 Å². The molecular formula is C20H23N5O2. The fourth-order valence-electron chi connectivity index (χ4n) is 3.09. The van der Waals surface area contributed by atoms with Gasteiger partial charge in [-0.2, -0.15) is 4.98 Å². The quantitative estimate of drug-likeness (QED) is 0.636. The number of para-hydroxylation sites is 1. The van der Waals surface area contributed by atoms with Crippen molar-refractivity contribution in [3.63, 3.8) is 0 Å². The summed E-state index contributed by atoms with van der Waals surface area (Å²) in [6, 6.07) is 15.6. The van der Waals surface area contributed by atoms with E-state index in [1.807, 2.05) is 48.5 Å². The molecule has 140 valence electrons. The van der Waals surface area contributed by atoms with Crippen LogP contribution in [0.5, 0.6) is 5.75 Å². The first-order chi connectivity index (χ1) is 13.4. The summed E-state index contributed by atoms with van der Waals surface area (Å²) in [5, 5.41) is 4.03. The van der Waals surface area contributed by atoms with E-state index < -0.39 is 0 Å². The molecule has 0 radical (unpaired) electrons. The molecule has 0 N–H and O–H groups in total. The zero-order valence-electron chi connectivity index (χ0n) is 15.2. The van der Waals surface area contributed by atoms with Gasteiger partial charge in [0, 0.05) is 38.9 Å². The van der Waals surface area contributed by atoms with E-state index in [1.54, 1.807) is 6.20 Å². The van der Waals surface area contributed by atoms with Gasteiger partial charge in [0.2, 0.25) is 11.7 Å². The van der Waals surface area contributed by atoms with E-state index in [9.17, 15) is 0 Å². The second kappa shape index (κ2) is 8.75. The lowest BCUT2D eigenvalue weighted by Crippen LogP contribution is -2.47. The summed E-state index contributed by atoms with van der Waals surface area (Å²) in [6.45, 7) is 6.31. The van der Waals surface area contributed by atoms with E-state index in [-0.39, 0.29) is 0 Å². The fraction of sp³-hybridized carbons (Fsp3) is 0.350. The Hall–Kier alpha value is -2.77. The van der Waals surface area contributed by atoms with Crippen molar-refractivity contribution in [2.24, 2.45) is 0 Å². The average molecular weight is 365 g/mol. The number of hydrogen-bond acceptors (Lipinski definition) is 7. The Morgan fingerprint density at radius 1 is 0.926 bits per heavy atom. The van der Waals surface area contributed by atoms with Crippen molar-refractivity contribution in [2.75, 3.05) is 39.3 Å². The lowest BCUT2D eigenvalue weighted by molar-refractivity contribution is 0.104. The molecule has 1 aliphatic rings. The number of rotatable bonds is 7. The molecule has 0 amide bonds. The van der Waals surface area contributed by atoms with Crippen molar-refractivity contribution in [1.82, 2.24) is 24.9 Å². The minimum absolute atomic E-state index is 0.544. The highest BCUT2D eigenvalue weighted by Gasteiger charge is 2.19. The summed E-state index contributed by atoms with van der Waals surface area (Å²) < 4.78 is 11.2. The van der Waals surface area contributed by atoms with Crippen LogP contribution in [0.2, 0.25) is 0 Å². The molecular weight excluding hydrogens is 342 g/mol. The average Bonchev–Trinajstić information content (AvgIpc) is 3.19. The van der Waals surface area contributed by atoms with Crippen LogP contribution < -0.4 is 4.74 Å². The molecule has 7 nitrogen and oxygen atoms in total. The monoisotopic (exact) mass is 365 g/mol. The molecule has 0 bridgehead atoms. The van der Waals surface area contributed by atoms with E-state index in [2.05, 4.69) is 24.9 Å². The third-order valence-electron chi connectivity index (χ3n) is 4.61. The Kier molecular flexibility index (Phi) is 5.71. The van der Waals surface area contributed by atoms with Crippen LogP contribution in [0.1, 0.15) is 5.89 Å². The maximum absolute atomic E-state index is 5.78. The van der Waals surface area contributed by atoms with Crippen LogP contribution in [0.4, 0.5) is 0 Å². The second-order valence-corrected chi connectivity index (χ2v) is 6.51. The van der Waals surface area contributed by atoms with Gasteiger partial charge in [-0.05, 0) is 24.3 Å². The predicted octanol–water partition coefficient (Wildman–Crippen LogP) is 2.33. The van der Waals surface area contributed by atoms with Crippen molar-refractivity contribution in [2.45, 2.75) is 6.54 Å². The summed E-state index contributed by atoms with van der Waals surface area (Å²) >= 11 is 0. The van der Waals surface area contributed by atoms with Crippen molar-refractivity contribution >= 4 is 0 Å². The zero-order chi connectivity index (χ0) is 18.3. The lowest BCUT2D eigenvalue weighted by Gasteiger charge is -2.33. The third kappa shape index (κ3) is 4.90. The van der Waals surface area contributed by atoms with Gasteiger partial charge in [-0.15, -0.1) is 0 Å². The van der Waals surface area contributed by atoms with Gasteiger partial charge in [0.05, 0.1) is 6.54 Å². The molecule has 3 heterocycles. The summed E-state index contributed by atoms with van der Waals surface area (Å²) in [5.41, 5.74) is 0.732. The van der Waals surface area contributed by atoms with Crippen LogP contribution in [0, 0.1) is 0 Å². The molecule has 1 fully saturated rings. The Bertz CT molecular complexity index is 817. The lowest BCUT2D eigenvalue weighted by atomic mass is 10.3. The molecule has 0 saturated carbocycles. The van der Waals surface area contributed by atoms with E-state index in [0.717, 1.165) is 44.2 Å². The Morgan fingerprint density at radius 3 is 2.48 bits per heavy atom. The number of ether oxygens (including phenoxy) is 1. The molecule has 0 aliphatic carbocycles. The van der Waals surface area contributed by atoms with Gasteiger partial charge in [0.1, 0.15) is 18.1 Å². The van der Waals surface area contributed by atoms with E-state index in [4.69, 9.17) is 9.26 Å². The number of aromatic nitrogens is 3. The molecule has 4 rings (SSSR count). The highest BCUT2D eigenvalue weighted by atomic mass is 16.5. The van der Waals surface area contributed by atoms with Gasteiger partial charge in [-0.1, -0.05) is 29.4 Å². The van der Waals surface area contributed by atoms with Gasteiger partial charge >= 0.3 is 0 Å². The minimum atomic E-state index is 0.544. The smallest absolute Gasteiger partial charge is 0.241 e. The van der Waals surface area contributed by atoms with Gasteiger partial charge in [-0.25, -0.2) is 0 Å². The van der Waals surface area contributed by atoms with Crippen molar-refractivity contribution in [3.8, 4) is 17.3 Å². The van der Waals surface area contributed by atoms with E-state index >= 15 is 0 Å². The Balaban J connectivity index is 1.20. The first-order valence-corrected chi connectivity index (χ1v) is 9.23. The summed E-state index contributed by atoms with van der Waals surface area (Å²) in [5.74, 6) is 2.11. The second-order valence-electron chi connectivity index (χ2n) is 6.51. The zero-order valence-corrected chi connectivity index (χ0v) is 15.2. The van der Waals surface area contributed by atoms with E-state index in [0.29, 0.717) is 24.9 Å². The third-order valence-corrected chi connectivity index (χ3v) is 4.61. The highest BCUT2D eigenvalue weighted by Crippen LogP contribution is 2.14. The van der Waals surface area contributed by atoms with Gasteiger partial charge in [0.25, 0.3) is 0 Å². The Labute approximate surface area is 158 Å². The Morgan fingerprint density at radius 2 is 1.70 bits per heavy atom. The SMILES string of the molecule is c1ccc(OCCN2CCN(Cc3nc(-c4ccccn4)no3)CC2)cc1. The molecule has 1 aromatic carbocycles. The number of nitrogens with zero attached hydrogens (tertiary/aromatic N) is 5. The maximum Gasteiger partial charge on any atom is 0.241 e. The standard InChI is InChI=1S/C20H23N5O2/c1-2-6-17(7-3-1)26-15-14-24-10-12-25(13-11-24)16-19-22-20(23-27-19)18-8-4-5-9-21-18/h1-9H,10-16H2. The van der Waals surface area contributed by atoms with Crippen molar-refractivity contribution in [1.29, 1.82) is 0 Å². The highest BCUT2D eigenvalue weighted by molar-refractivity contribution is 5.46. The van der Waals surface area contributed by atoms with Gasteiger partial charge in [-0.3, -0.25) is 14.8 Å². The summed E-state index contributed by atoms with van der Waals surface area (Å²) in [6.07, 6.45) is 1.73. The first kappa shape index (κ1) is 17.6. The number of hydrogen-bond donors (Lipinski definition) is 0. The largest absolute Gasteiger partial charge is 0.492 e. The molecule has 27 heavy (non-hydrogen) atoms. The molecule has 2 aromatic heterocycles. The van der Waals surface area contributed by atoms with Crippen LogP contribution >= 0.6 is 0 Å². The van der Waals surface area contributed by atoms with E-state index in [1.165, 1.54) is 0 Å². The van der Waals surface area contributed by atoms with Gasteiger partial charge < -0.3 is 9.26 Å². The topological polar surface area (TPSA) is 67.5 Å². The van der Waals surface area contributed by atoms with Crippen LogP contribution in [0.3, 0.4) is 0 Å². The molecule has 3 aromatic rings. The van der Waals surface area contributed by atoms with Crippen molar-refractivity contribution < 1.29 is 9.26 Å². The molecule has 0 atom stereocenters. The van der Waals surface area contributed by atoms with Crippen LogP contribution in [-0.2, 0) is 6.54 Å². The first-order valence-electron chi connectivity index (χ1n) is 9.23. The predicted molar refractivity (Wildman–Crippen MR) is 101 cm³/mol. The fourth-order valence-corrected chi connectivity index (χ4v) is 3.09. The molecule has 0 unspecified atom stereocenters. The van der Waals surface area contributed by atoms with Gasteiger partial charge in [0.15, 0.2) is 0 Å². The minimum Gasteiger partial charge on any atom is -0.492 e. The van der Waals surface area contributed by atoms with Crippen molar-refractivity contribution in [3.05, 3.63) is 60.6 Å². The summed E-state index contributed by atoms with van der Waals surface area (Å²) in [4.78, 5) is 13.5. The normalized spacial score (nSPS) is 15.7. The number of benzene rings is 1. The van der Waals surface area contributed by atoms with Crippen LogP contribution in [0.15, 0.2) is 59.3 Å². The molecule has 0 spiro atoms. The van der Waals surface area contributed by atoms with Crippen LogP contribution in [0.25, 0.3) is 11.5 Å². The summed E-state index contributed by atoms with van der Waals surface area (Å²) in [7, 11) is 0. The maximum atomic E-state index is 5.78. The number of piperazine rings is 1. The number of pyridine rings is 1. The molecule has 7 heteroatoms.